The smallest absolute Gasteiger partial charge is 0.231 e. The zero-order valence-electron chi connectivity index (χ0n) is 30.3. The normalized spacial score (nSPS) is 12.3. The Kier molecular flexibility index (Phi) is 7.61. The van der Waals surface area contributed by atoms with E-state index in [1.54, 1.807) is 6.07 Å². The summed E-state index contributed by atoms with van der Waals surface area (Å²) < 4.78 is 6.59. The maximum Gasteiger partial charge on any atom is 0.231 e. The van der Waals surface area contributed by atoms with Gasteiger partial charge in [-0.25, -0.2) is 4.98 Å². The number of aryl methyl sites for hydroxylation is 1. The molecule has 0 amide bonds. The Morgan fingerprint density at radius 1 is 0.569 bits per heavy atom. The van der Waals surface area contributed by atoms with Crippen LogP contribution in [-0.4, -0.2) is 15.1 Å². The summed E-state index contributed by atoms with van der Waals surface area (Å²) in [7, 11) is 0. The molecule has 4 nitrogen and oxygen atoms in total. The molecule has 8 aromatic rings. The van der Waals surface area contributed by atoms with Crippen molar-refractivity contribution in [3.63, 3.8) is 0 Å². The number of hydrogen-bond acceptors (Lipinski definition) is 4. The molecule has 0 radical (unpaired) electrons. The van der Waals surface area contributed by atoms with E-state index in [2.05, 4.69) is 139 Å². The van der Waals surface area contributed by atoms with Gasteiger partial charge < -0.3 is 9.52 Å². The van der Waals surface area contributed by atoms with Crippen LogP contribution in [0.15, 0.2) is 126 Å². The van der Waals surface area contributed by atoms with Crippen molar-refractivity contribution in [3.05, 3.63) is 138 Å². The highest BCUT2D eigenvalue weighted by Gasteiger charge is 2.24. The van der Waals surface area contributed by atoms with Crippen molar-refractivity contribution >= 4 is 32.8 Å². The minimum absolute atomic E-state index is 0.0229. The molecule has 2 heterocycles. The Labute approximate surface area is 299 Å². The largest absolute Gasteiger partial charge is 0.507 e. The molecule has 0 aliphatic rings. The molecule has 0 saturated carbocycles. The molecule has 2 aromatic heterocycles. The molecule has 252 valence electrons. The third-order valence-electron chi connectivity index (χ3n) is 10.0. The average Bonchev–Trinajstić information content (AvgIpc) is 3.54. The highest BCUT2D eigenvalue weighted by atomic mass is 16.3. The summed E-state index contributed by atoms with van der Waals surface area (Å²) in [5.74, 6) is 0.533. The van der Waals surface area contributed by atoms with Gasteiger partial charge >= 0.3 is 0 Å². The molecule has 0 spiro atoms. The molecule has 0 fully saturated rings. The molecule has 0 bridgehead atoms. The summed E-state index contributed by atoms with van der Waals surface area (Å²) in [5.41, 5.74) is 12.8. The molecule has 0 unspecified atom stereocenters. The van der Waals surface area contributed by atoms with Crippen LogP contribution in [0.1, 0.15) is 58.2 Å². The third-order valence-corrected chi connectivity index (χ3v) is 10.0. The Hall–Kier alpha value is -5.74. The van der Waals surface area contributed by atoms with Gasteiger partial charge in [-0.1, -0.05) is 114 Å². The number of nitrogens with zero attached hydrogens (tertiary/aromatic N) is 2. The molecule has 0 aliphatic carbocycles. The molecule has 0 aliphatic heterocycles. The fourth-order valence-electron chi connectivity index (χ4n) is 7.63. The monoisotopic (exact) mass is 666 g/mol. The number of aromatic hydroxyl groups is 1. The second-order valence-corrected chi connectivity index (χ2v) is 15.7. The lowest BCUT2D eigenvalue weighted by Gasteiger charge is -2.25. The zero-order valence-corrected chi connectivity index (χ0v) is 30.3. The summed E-state index contributed by atoms with van der Waals surface area (Å²) in [6.07, 6.45) is 1.88. The second kappa shape index (κ2) is 11.9. The van der Waals surface area contributed by atoms with Crippen LogP contribution in [0.3, 0.4) is 0 Å². The number of phenols is 1. The van der Waals surface area contributed by atoms with E-state index < -0.39 is 0 Å². The van der Waals surface area contributed by atoms with Gasteiger partial charge in [0.15, 0.2) is 5.58 Å². The van der Waals surface area contributed by atoms with E-state index in [9.17, 15) is 5.11 Å². The summed E-state index contributed by atoms with van der Waals surface area (Å²) in [4.78, 5) is 10.0. The van der Waals surface area contributed by atoms with Gasteiger partial charge in [0.05, 0.1) is 11.1 Å². The summed E-state index contributed by atoms with van der Waals surface area (Å²) >= 11 is 0. The first-order valence-corrected chi connectivity index (χ1v) is 17.6. The van der Waals surface area contributed by atoms with Gasteiger partial charge in [-0.3, -0.25) is 4.98 Å². The molecule has 51 heavy (non-hydrogen) atoms. The van der Waals surface area contributed by atoms with Gasteiger partial charge in [-0.05, 0) is 110 Å². The fraction of sp³-hybridized carbons (Fsp3) is 0.191. The summed E-state index contributed by atoms with van der Waals surface area (Å²) in [6, 6.07) is 40.1. The molecule has 4 heteroatoms. The number of phenolic OH excluding ortho intramolecular Hbond substituents is 1. The van der Waals surface area contributed by atoms with Gasteiger partial charge in [0, 0.05) is 22.7 Å². The second-order valence-electron chi connectivity index (χ2n) is 15.7. The van der Waals surface area contributed by atoms with Crippen molar-refractivity contribution in [3.8, 4) is 50.6 Å². The number of pyridine rings is 1. The quantitative estimate of drug-likeness (QED) is 0.203. The Morgan fingerprint density at radius 2 is 1.27 bits per heavy atom. The van der Waals surface area contributed by atoms with Gasteiger partial charge in [0.2, 0.25) is 5.89 Å². The van der Waals surface area contributed by atoms with E-state index in [1.807, 2.05) is 24.4 Å². The zero-order chi connectivity index (χ0) is 35.7. The predicted molar refractivity (Wildman–Crippen MR) is 212 cm³/mol. The van der Waals surface area contributed by atoms with Crippen LogP contribution in [0.4, 0.5) is 0 Å². The lowest BCUT2D eigenvalue weighted by atomic mass is 9.80. The maximum absolute atomic E-state index is 11.1. The lowest BCUT2D eigenvalue weighted by Crippen LogP contribution is -2.14. The third kappa shape index (κ3) is 5.75. The maximum atomic E-state index is 11.1. The van der Waals surface area contributed by atoms with Crippen LogP contribution < -0.4 is 0 Å². The van der Waals surface area contributed by atoms with Crippen LogP contribution in [0.2, 0.25) is 0 Å². The van der Waals surface area contributed by atoms with Crippen molar-refractivity contribution < 1.29 is 9.52 Å². The lowest BCUT2D eigenvalue weighted by molar-refractivity contribution is 0.473. The first-order chi connectivity index (χ1) is 24.4. The Bertz CT molecular complexity index is 2630. The molecular weight excluding hydrogens is 625 g/mol. The number of benzene rings is 6. The summed E-state index contributed by atoms with van der Waals surface area (Å²) in [5, 5.41) is 14.6. The van der Waals surface area contributed by atoms with E-state index in [-0.39, 0.29) is 16.6 Å². The first-order valence-electron chi connectivity index (χ1n) is 17.6. The fourth-order valence-corrected chi connectivity index (χ4v) is 7.63. The molecular formula is C47H42N2O2. The molecule has 0 saturated heterocycles. The van der Waals surface area contributed by atoms with Crippen molar-refractivity contribution in [2.24, 2.45) is 0 Å². The minimum atomic E-state index is -0.107. The predicted octanol–water partition coefficient (Wildman–Crippen LogP) is 12.8. The van der Waals surface area contributed by atoms with Crippen LogP contribution >= 0.6 is 0 Å². The van der Waals surface area contributed by atoms with Crippen molar-refractivity contribution in [1.29, 1.82) is 0 Å². The average molecular weight is 667 g/mol. The number of hydrogen-bond donors (Lipinski definition) is 1. The first kappa shape index (κ1) is 32.5. The number of oxazole rings is 1. The van der Waals surface area contributed by atoms with Gasteiger partial charge in [0.25, 0.3) is 0 Å². The number of fused-ring (bicyclic) bond motifs is 3. The van der Waals surface area contributed by atoms with Gasteiger partial charge in [-0.15, -0.1) is 0 Å². The standard InChI is InChI=1S/C47H42N2O2/c1-28-23-37(43-36(19-12-22-48-43)42(28)47(5,6)7)30-15-10-16-31(24-30)38-25-32(35-18-11-14-29-13-8-9-17-34(29)35)26-41-44(38)49-45(51-41)39-27-33(46(2,3)4)20-21-40(39)50/h8-27,50H,1-7H3. The van der Waals surface area contributed by atoms with Crippen molar-refractivity contribution in [1.82, 2.24) is 9.97 Å². The van der Waals surface area contributed by atoms with E-state index in [4.69, 9.17) is 14.4 Å². The number of rotatable bonds is 4. The van der Waals surface area contributed by atoms with Gasteiger partial charge in [0.1, 0.15) is 11.3 Å². The molecule has 0 atom stereocenters. The number of aromatic nitrogens is 2. The van der Waals surface area contributed by atoms with E-state index >= 15 is 0 Å². The SMILES string of the molecule is Cc1cc(-c2cccc(-c3cc(-c4cccc5ccccc45)cc4oc(-c5cc(C(C)(C)C)ccc5O)nc34)c2)c2ncccc2c1C(C)(C)C. The molecule has 6 aromatic carbocycles. The molecule has 1 N–H and O–H groups in total. The summed E-state index contributed by atoms with van der Waals surface area (Å²) in [6.45, 7) is 15.5. The van der Waals surface area contributed by atoms with E-state index in [0.717, 1.165) is 50.0 Å². The Balaban J connectivity index is 1.37. The van der Waals surface area contributed by atoms with Crippen LogP contribution in [-0.2, 0) is 10.8 Å². The minimum Gasteiger partial charge on any atom is -0.507 e. The molecule has 8 rings (SSSR count). The van der Waals surface area contributed by atoms with Crippen LogP contribution in [0.25, 0.3) is 77.6 Å². The van der Waals surface area contributed by atoms with Crippen molar-refractivity contribution in [2.75, 3.05) is 0 Å². The van der Waals surface area contributed by atoms with Crippen LogP contribution in [0.5, 0.6) is 5.75 Å². The topological polar surface area (TPSA) is 59.2 Å². The Morgan fingerprint density at radius 3 is 2.04 bits per heavy atom. The highest BCUT2D eigenvalue weighted by molar-refractivity contribution is 6.03. The highest BCUT2D eigenvalue weighted by Crippen LogP contribution is 2.43. The van der Waals surface area contributed by atoms with Crippen LogP contribution in [0, 0.1) is 6.92 Å². The van der Waals surface area contributed by atoms with Crippen molar-refractivity contribution in [2.45, 2.75) is 59.3 Å². The van der Waals surface area contributed by atoms with E-state index in [1.165, 1.54) is 27.3 Å². The van der Waals surface area contributed by atoms with E-state index in [0.29, 0.717) is 17.0 Å². The van der Waals surface area contributed by atoms with Gasteiger partial charge in [-0.2, -0.15) is 0 Å².